The number of rotatable bonds is 6. The number of nitro groups is 1. The fourth-order valence-electron chi connectivity index (χ4n) is 2.57. The third kappa shape index (κ3) is 3.37. The molecule has 10 heteroatoms. The summed E-state index contributed by atoms with van der Waals surface area (Å²) in [6, 6.07) is 7.58. The van der Waals surface area contributed by atoms with Crippen molar-refractivity contribution in [2.45, 2.75) is 18.4 Å². The predicted octanol–water partition coefficient (Wildman–Crippen LogP) is 2.07. The van der Waals surface area contributed by atoms with E-state index in [-0.39, 0.29) is 22.8 Å². The molecule has 2 aromatic heterocycles. The molecule has 0 radical (unpaired) electrons. The summed E-state index contributed by atoms with van der Waals surface area (Å²) in [5.74, 6) is 0. The van der Waals surface area contributed by atoms with Crippen LogP contribution in [-0.4, -0.2) is 29.8 Å². The SMILES string of the molecule is CNS(=O)(=O)c1ccc(NCc2cn3cccc(C)c3n2)c([N+](=O)[O-])c1. The van der Waals surface area contributed by atoms with E-state index in [0.717, 1.165) is 17.3 Å². The Bertz CT molecular complexity index is 1090. The molecule has 0 unspecified atom stereocenters. The van der Waals surface area contributed by atoms with Crippen molar-refractivity contribution < 1.29 is 13.3 Å². The molecule has 0 saturated carbocycles. The van der Waals surface area contributed by atoms with Crippen LogP contribution in [0.5, 0.6) is 0 Å². The summed E-state index contributed by atoms with van der Waals surface area (Å²) < 4.78 is 27.7. The maximum Gasteiger partial charge on any atom is 0.293 e. The summed E-state index contributed by atoms with van der Waals surface area (Å²) in [5, 5.41) is 14.3. The van der Waals surface area contributed by atoms with Crippen LogP contribution >= 0.6 is 0 Å². The van der Waals surface area contributed by atoms with E-state index in [1.165, 1.54) is 19.2 Å². The molecule has 3 aromatic rings. The first-order valence-corrected chi connectivity index (χ1v) is 9.19. The highest BCUT2D eigenvalue weighted by Crippen LogP contribution is 2.28. The molecule has 2 N–H and O–H groups in total. The van der Waals surface area contributed by atoms with Crippen molar-refractivity contribution in [1.82, 2.24) is 14.1 Å². The Morgan fingerprint density at radius 1 is 1.31 bits per heavy atom. The van der Waals surface area contributed by atoms with Crippen LogP contribution in [0.15, 0.2) is 47.6 Å². The summed E-state index contributed by atoms with van der Waals surface area (Å²) in [4.78, 5) is 15.0. The lowest BCUT2D eigenvalue weighted by Crippen LogP contribution is -2.18. The summed E-state index contributed by atoms with van der Waals surface area (Å²) in [6.07, 6.45) is 3.71. The molecular formula is C16H17N5O4S. The number of nitrogens with one attached hydrogen (secondary N) is 2. The second-order valence-electron chi connectivity index (χ2n) is 5.65. The average Bonchev–Trinajstić information content (AvgIpc) is 3.04. The molecule has 26 heavy (non-hydrogen) atoms. The van der Waals surface area contributed by atoms with E-state index in [1.54, 1.807) is 0 Å². The van der Waals surface area contributed by atoms with Crippen molar-refractivity contribution in [2.24, 2.45) is 0 Å². The number of nitrogens with zero attached hydrogens (tertiary/aromatic N) is 3. The molecule has 2 heterocycles. The van der Waals surface area contributed by atoms with E-state index in [0.29, 0.717) is 5.69 Å². The molecule has 9 nitrogen and oxygen atoms in total. The minimum absolute atomic E-state index is 0.166. The van der Waals surface area contributed by atoms with Crippen LogP contribution in [0, 0.1) is 17.0 Å². The fourth-order valence-corrected chi connectivity index (χ4v) is 3.32. The maximum atomic E-state index is 11.8. The van der Waals surface area contributed by atoms with Gasteiger partial charge in [0.2, 0.25) is 10.0 Å². The Hall–Kier alpha value is -2.98. The molecule has 0 aliphatic heterocycles. The second-order valence-corrected chi connectivity index (χ2v) is 7.54. The zero-order chi connectivity index (χ0) is 18.9. The van der Waals surface area contributed by atoms with Gasteiger partial charge in [-0.05, 0) is 37.7 Å². The highest BCUT2D eigenvalue weighted by atomic mass is 32.2. The summed E-state index contributed by atoms with van der Waals surface area (Å²) >= 11 is 0. The van der Waals surface area contributed by atoms with Gasteiger partial charge in [-0.25, -0.2) is 18.1 Å². The van der Waals surface area contributed by atoms with Gasteiger partial charge in [-0.2, -0.15) is 0 Å². The lowest BCUT2D eigenvalue weighted by molar-refractivity contribution is -0.384. The number of imidazole rings is 1. The first kappa shape index (κ1) is 17.8. The molecule has 0 fully saturated rings. The van der Waals surface area contributed by atoms with Crippen molar-refractivity contribution >= 4 is 27.0 Å². The Balaban J connectivity index is 1.89. The quantitative estimate of drug-likeness (QED) is 0.503. The van der Waals surface area contributed by atoms with Crippen molar-refractivity contribution in [3.63, 3.8) is 0 Å². The van der Waals surface area contributed by atoms with Crippen LogP contribution < -0.4 is 10.0 Å². The molecular weight excluding hydrogens is 358 g/mol. The number of nitro benzene ring substituents is 1. The van der Waals surface area contributed by atoms with Gasteiger partial charge in [0.05, 0.1) is 22.1 Å². The molecule has 0 aliphatic rings. The van der Waals surface area contributed by atoms with Crippen LogP contribution in [0.4, 0.5) is 11.4 Å². The van der Waals surface area contributed by atoms with Crippen molar-refractivity contribution in [3.8, 4) is 0 Å². The van der Waals surface area contributed by atoms with Crippen molar-refractivity contribution in [3.05, 3.63) is 64.1 Å². The number of aryl methyl sites for hydroxylation is 1. The third-order valence-corrected chi connectivity index (χ3v) is 5.34. The number of anilines is 1. The number of aromatic nitrogens is 2. The van der Waals surface area contributed by atoms with Crippen LogP contribution in [0.2, 0.25) is 0 Å². The normalized spacial score (nSPS) is 11.6. The first-order chi connectivity index (χ1) is 12.3. The van der Waals surface area contributed by atoms with Crippen molar-refractivity contribution in [1.29, 1.82) is 0 Å². The van der Waals surface area contributed by atoms with Gasteiger partial charge < -0.3 is 9.72 Å². The van der Waals surface area contributed by atoms with Crippen LogP contribution in [0.1, 0.15) is 11.3 Å². The minimum atomic E-state index is -3.76. The van der Waals surface area contributed by atoms with Gasteiger partial charge in [0.1, 0.15) is 11.3 Å². The monoisotopic (exact) mass is 375 g/mol. The standard InChI is InChI=1S/C16H17N5O4S/c1-11-4-3-7-20-10-12(19-16(11)20)9-18-14-6-5-13(26(24,25)17-2)8-15(14)21(22)23/h3-8,10,17-18H,9H2,1-2H3. The third-order valence-electron chi connectivity index (χ3n) is 3.93. The average molecular weight is 375 g/mol. The lowest BCUT2D eigenvalue weighted by atomic mass is 10.2. The van der Waals surface area contributed by atoms with E-state index in [4.69, 9.17) is 0 Å². The number of hydrogen-bond donors (Lipinski definition) is 2. The van der Waals surface area contributed by atoms with Gasteiger partial charge in [-0.3, -0.25) is 10.1 Å². The van der Waals surface area contributed by atoms with E-state index < -0.39 is 14.9 Å². The molecule has 0 aliphatic carbocycles. The zero-order valence-corrected chi connectivity index (χ0v) is 14.9. The van der Waals surface area contributed by atoms with E-state index in [2.05, 4.69) is 15.0 Å². The van der Waals surface area contributed by atoms with Crippen LogP contribution in [-0.2, 0) is 16.6 Å². The van der Waals surface area contributed by atoms with E-state index in [9.17, 15) is 18.5 Å². The fraction of sp³-hybridized carbons (Fsp3) is 0.188. The number of fused-ring (bicyclic) bond motifs is 1. The predicted molar refractivity (Wildman–Crippen MR) is 96.6 cm³/mol. The zero-order valence-electron chi connectivity index (χ0n) is 14.1. The first-order valence-electron chi connectivity index (χ1n) is 7.71. The maximum absolute atomic E-state index is 11.8. The van der Waals surface area contributed by atoms with Gasteiger partial charge in [-0.15, -0.1) is 0 Å². The molecule has 0 spiro atoms. The number of pyridine rings is 1. The Morgan fingerprint density at radius 3 is 2.73 bits per heavy atom. The van der Waals surface area contributed by atoms with Gasteiger partial charge >= 0.3 is 0 Å². The van der Waals surface area contributed by atoms with E-state index in [1.807, 2.05) is 35.9 Å². The van der Waals surface area contributed by atoms with Crippen LogP contribution in [0.25, 0.3) is 5.65 Å². The van der Waals surface area contributed by atoms with Crippen molar-refractivity contribution in [2.75, 3.05) is 12.4 Å². The Labute approximate surface area is 149 Å². The molecule has 0 bridgehead atoms. The second kappa shape index (κ2) is 6.73. The Kier molecular flexibility index (Phi) is 4.62. The van der Waals surface area contributed by atoms with Gasteiger partial charge in [0, 0.05) is 18.5 Å². The van der Waals surface area contributed by atoms with E-state index >= 15 is 0 Å². The lowest BCUT2D eigenvalue weighted by Gasteiger charge is -2.08. The molecule has 136 valence electrons. The smallest absolute Gasteiger partial charge is 0.293 e. The summed E-state index contributed by atoms with van der Waals surface area (Å²) in [5.41, 5.74) is 2.45. The molecule has 1 aromatic carbocycles. The summed E-state index contributed by atoms with van der Waals surface area (Å²) in [7, 11) is -2.51. The molecule has 0 atom stereocenters. The van der Waals surface area contributed by atoms with Crippen LogP contribution in [0.3, 0.4) is 0 Å². The molecule has 0 amide bonds. The molecule has 0 saturated heterocycles. The largest absolute Gasteiger partial charge is 0.374 e. The minimum Gasteiger partial charge on any atom is -0.374 e. The number of hydrogen-bond acceptors (Lipinski definition) is 6. The Morgan fingerprint density at radius 2 is 2.08 bits per heavy atom. The molecule has 3 rings (SSSR count). The highest BCUT2D eigenvalue weighted by molar-refractivity contribution is 7.89. The number of sulfonamides is 1. The number of benzene rings is 1. The van der Waals surface area contributed by atoms with Gasteiger partial charge in [0.25, 0.3) is 5.69 Å². The van der Waals surface area contributed by atoms with Gasteiger partial charge in [-0.1, -0.05) is 6.07 Å². The topological polar surface area (TPSA) is 119 Å². The van der Waals surface area contributed by atoms with Gasteiger partial charge in [0.15, 0.2) is 0 Å². The highest BCUT2D eigenvalue weighted by Gasteiger charge is 2.20. The summed E-state index contributed by atoms with van der Waals surface area (Å²) in [6.45, 7) is 2.21.